The van der Waals surface area contributed by atoms with Crippen molar-refractivity contribution in [3.63, 3.8) is 0 Å². The lowest BCUT2D eigenvalue weighted by Crippen LogP contribution is -2.03. The molecule has 18 heteroatoms. The maximum atomic E-state index is 11.1. The zero-order valence-corrected chi connectivity index (χ0v) is 40.0. The summed E-state index contributed by atoms with van der Waals surface area (Å²) in [7, 11) is 9.39. The number of nitrogens with zero attached hydrogens (tertiary/aromatic N) is 4. The van der Waals surface area contributed by atoms with Crippen LogP contribution in [0.15, 0.2) is 108 Å². The van der Waals surface area contributed by atoms with E-state index in [1.807, 2.05) is 55.5 Å². The predicted molar refractivity (Wildman–Crippen MR) is 273 cm³/mol. The molecule has 2 heterocycles. The van der Waals surface area contributed by atoms with Crippen molar-refractivity contribution < 1.29 is 43.1 Å². The van der Waals surface area contributed by atoms with Gasteiger partial charge in [0.2, 0.25) is 16.7 Å². The zero-order chi connectivity index (χ0) is 50.3. The van der Waals surface area contributed by atoms with Gasteiger partial charge in [-0.3, -0.25) is 14.4 Å². The summed E-state index contributed by atoms with van der Waals surface area (Å²) in [5.41, 5.74) is 3.31. The van der Waals surface area contributed by atoms with Gasteiger partial charge in [-0.05, 0) is 137 Å². The van der Waals surface area contributed by atoms with Gasteiger partial charge in [0.15, 0.2) is 0 Å². The number of benzene rings is 5. The average molecular weight is 1010 g/mol. The number of nitriles is 3. The third-order valence-corrected chi connectivity index (χ3v) is 10.0. The molecule has 70 heavy (non-hydrogen) atoms. The highest BCUT2D eigenvalue weighted by molar-refractivity contribution is 6.63. The van der Waals surface area contributed by atoms with Crippen molar-refractivity contribution in [2.24, 2.45) is 0 Å². The topological polar surface area (TPSA) is 227 Å². The number of fused-ring (bicyclic) bond motifs is 2. The first-order valence-electron chi connectivity index (χ1n) is 19.7. The number of carbonyl (C=O) groups excluding carboxylic acids is 1. The number of hydrogen-bond acceptors (Lipinski definition) is 13. The number of aromatic amines is 1. The number of carboxylic acids is 1. The second-order valence-corrected chi connectivity index (χ2v) is 14.8. The predicted octanol–water partition coefficient (Wildman–Crippen LogP) is 11.3. The standard InChI is InChI=1S/C11H10ClNO2.2C10H8ClNO2.C10H9NO3.C9H9NO.2CH4/c1-14-8-3-4-9-7(5-8)6-10(15-2)13-11(9)12;1-14-7-2-3-8-6(4-7)5-9(13)12-10(8)11;1-14-9-3-2-7(6-12)8(4-9)5-10(11)13;1-14-9-3-2-7(6-11)8(4-9)5-10(12)13;1-7-5-9(11-2)4-3-8(7)6-10;;/h3-6H,1-2H3;2-5H,1H3,(H,12,13);2-4H,5H2,1H3;2-4H,5H2,1H3,(H,12,13);3-5H,1-2H3;2*1H4. The first kappa shape index (κ1) is 60.0. The van der Waals surface area contributed by atoms with Gasteiger partial charge in [0, 0.05) is 29.3 Å². The first-order valence-corrected chi connectivity index (χ1v) is 20.8. The molecule has 0 bridgehead atoms. The normalized spacial score (nSPS) is 9.36. The van der Waals surface area contributed by atoms with Crippen molar-refractivity contribution in [2.45, 2.75) is 34.6 Å². The van der Waals surface area contributed by atoms with Gasteiger partial charge >= 0.3 is 5.97 Å². The van der Waals surface area contributed by atoms with E-state index in [9.17, 15) is 14.4 Å². The summed E-state index contributed by atoms with van der Waals surface area (Å²) in [4.78, 5) is 38.9. The summed E-state index contributed by atoms with van der Waals surface area (Å²) in [5.74, 6) is 2.99. The van der Waals surface area contributed by atoms with Crippen LogP contribution in [-0.4, -0.2) is 68.9 Å². The Morgan fingerprint density at radius 2 is 1.00 bits per heavy atom. The summed E-state index contributed by atoms with van der Waals surface area (Å²) in [6.07, 6.45) is -0.123. The second kappa shape index (κ2) is 30.4. The SMILES string of the molecule is C.C.COc1ccc(C#N)c(C)c1.COc1ccc(C#N)c(CC(=O)Cl)c1.COc1ccc(C#N)c(CC(=O)O)c1.COc1ccc2c(Cl)[nH]c(=O)cc2c1.COc1ccc2c(Cl)nc(OC)cc2c1. The highest BCUT2D eigenvalue weighted by atomic mass is 35.5. The highest BCUT2D eigenvalue weighted by Gasteiger charge is 2.10. The highest BCUT2D eigenvalue weighted by Crippen LogP contribution is 2.29. The van der Waals surface area contributed by atoms with Crippen LogP contribution in [0.25, 0.3) is 21.5 Å². The number of aryl methyl sites for hydroxylation is 1. The van der Waals surface area contributed by atoms with Gasteiger partial charge in [0.1, 0.15) is 39.1 Å². The van der Waals surface area contributed by atoms with Crippen molar-refractivity contribution in [1.29, 1.82) is 15.8 Å². The molecular formula is C52H52Cl3N5O10. The van der Waals surface area contributed by atoms with Gasteiger partial charge < -0.3 is 38.5 Å². The quantitative estimate of drug-likeness (QED) is 0.0960. The number of H-pyrrole nitrogens is 1. The molecule has 0 aliphatic carbocycles. The van der Waals surface area contributed by atoms with E-state index in [2.05, 4.69) is 16.0 Å². The van der Waals surface area contributed by atoms with E-state index in [-0.39, 0.29) is 33.3 Å². The molecule has 7 aromatic rings. The molecule has 0 spiro atoms. The largest absolute Gasteiger partial charge is 0.497 e. The second-order valence-electron chi connectivity index (χ2n) is 13.6. The van der Waals surface area contributed by atoms with Crippen molar-refractivity contribution >= 4 is 67.6 Å². The summed E-state index contributed by atoms with van der Waals surface area (Å²) < 4.78 is 30.1. The molecule has 7 rings (SSSR count). The summed E-state index contributed by atoms with van der Waals surface area (Å²) in [5, 5.41) is 38.4. The van der Waals surface area contributed by atoms with Crippen LogP contribution < -0.4 is 34.0 Å². The number of rotatable bonds is 10. The van der Waals surface area contributed by atoms with E-state index >= 15 is 0 Å². The number of aliphatic carboxylic acids is 1. The van der Waals surface area contributed by atoms with E-state index in [1.54, 1.807) is 89.1 Å². The van der Waals surface area contributed by atoms with Gasteiger partial charge in [-0.25, -0.2) is 4.98 Å². The molecule has 2 N–H and O–H groups in total. The van der Waals surface area contributed by atoms with Crippen LogP contribution in [0.4, 0.5) is 0 Å². The molecule has 0 radical (unpaired) electrons. The summed E-state index contributed by atoms with van der Waals surface area (Å²) in [6, 6.07) is 35.4. The van der Waals surface area contributed by atoms with Crippen molar-refractivity contribution in [2.75, 3.05) is 42.7 Å². The van der Waals surface area contributed by atoms with E-state index in [0.29, 0.717) is 61.3 Å². The molecule has 0 atom stereocenters. The molecule has 15 nitrogen and oxygen atoms in total. The number of carboxylic acid groups (broad SMARTS) is 1. The third kappa shape index (κ3) is 18.2. The molecule has 5 aromatic carbocycles. The zero-order valence-electron chi connectivity index (χ0n) is 37.8. The van der Waals surface area contributed by atoms with Crippen LogP contribution in [0.1, 0.15) is 48.2 Å². The Bertz CT molecular complexity index is 2990. The van der Waals surface area contributed by atoms with Gasteiger partial charge in [0.25, 0.3) is 0 Å². The number of methoxy groups -OCH3 is 6. The molecule has 0 saturated heterocycles. The van der Waals surface area contributed by atoms with Crippen molar-refractivity contribution in [1.82, 2.24) is 9.97 Å². The average Bonchev–Trinajstić information content (AvgIpc) is 3.33. The molecule has 0 aliphatic rings. The minimum atomic E-state index is -0.963. The Morgan fingerprint density at radius 3 is 1.43 bits per heavy atom. The molecule has 0 amide bonds. The smallest absolute Gasteiger partial charge is 0.307 e. The Labute approximate surface area is 421 Å². The number of carbonyl (C=O) groups is 2. The van der Waals surface area contributed by atoms with Crippen molar-refractivity contribution in [3.05, 3.63) is 157 Å². The van der Waals surface area contributed by atoms with Gasteiger partial charge in [-0.2, -0.15) is 15.8 Å². The lowest BCUT2D eigenvalue weighted by atomic mass is 10.1. The molecule has 0 unspecified atom stereocenters. The minimum absolute atomic E-state index is 0. The number of halogens is 3. The van der Waals surface area contributed by atoms with Crippen LogP contribution >= 0.6 is 34.8 Å². The van der Waals surface area contributed by atoms with Crippen LogP contribution in [-0.2, 0) is 22.4 Å². The van der Waals surface area contributed by atoms with E-state index in [0.717, 1.165) is 38.6 Å². The number of hydrogen-bond donors (Lipinski definition) is 2. The third-order valence-electron chi connectivity index (χ3n) is 9.28. The Morgan fingerprint density at radius 1 is 0.586 bits per heavy atom. The fourth-order valence-corrected chi connectivity index (χ4v) is 6.51. The maximum Gasteiger partial charge on any atom is 0.307 e. The molecule has 0 saturated carbocycles. The number of aromatic nitrogens is 2. The molecule has 2 aromatic heterocycles. The first-order chi connectivity index (χ1) is 32.6. The Kier molecular flexibility index (Phi) is 26.1. The number of pyridine rings is 2. The van der Waals surface area contributed by atoms with Gasteiger partial charge in [-0.1, -0.05) is 38.1 Å². The fraction of sp³-hybridized carbons (Fsp3) is 0.212. The number of nitrogens with one attached hydrogen (secondary N) is 1. The Balaban J connectivity index is 0.000000436. The molecule has 366 valence electrons. The van der Waals surface area contributed by atoms with Crippen LogP contribution in [0.2, 0.25) is 10.3 Å². The molecule has 0 aliphatic heterocycles. The number of ether oxygens (including phenoxy) is 6. The molecular weight excluding hydrogens is 961 g/mol. The van der Waals surface area contributed by atoms with E-state index < -0.39 is 11.2 Å². The van der Waals surface area contributed by atoms with E-state index in [1.165, 1.54) is 20.3 Å². The molecule has 0 fully saturated rings. The maximum absolute atomic E-state index is 11.1. The van der Waals surface area contributed by atoms with Crippen LogP contribution in [0, 0.1) is 40.9 Å². The lowest BCUT2D eigenvalue weighted by Gasteiger charge is -2.05. The summed E-state index contributed by atoms with van der Waals surface area (Å²) >= 11 is 17.1. The lowest BCUT2D eigenvalue weighted by molar-refractivity contribution is -0.136. The fourth-order valence-electron chi connectivity index (χ4n) is 5.85. The van der Waals surface area contributed by atoms with E-state index in [4.69, 9.17) is 84.1 Å². The van der Waals surface area contributed by atoms with Gasteiger partial charge in [0.05, 0.1) is 84.0 Å². The minimum Gasteiger partial charge on any atom is -0.497 e. The Hall–Kier alpha value is -8.00. The summed E-state index contributed by atoms with van der Waals surface area (Å²) in [6.45, 7) is 1.89. The van der Waals surface area contributed by atoms with Crippen LogP contribution in [0.5, 0.6) is 34.6 Å². The van der Waals surface area contributed by atoms with Gasteiger partial charge in [-0.15, -0.1) is 0 Å². The monoisotopic (exact) mass is 1010 g/mol. The van der Waals surface area contributed by atoms with Crippen molar-refractivity contribution in [3.8, 4) is 52.8 Å². The van der Waals surface area contributed by atoms with Crippen LogP contribution in [0.3, 0.4) is 0 Å².